The smallest absolute Gasteiger partial charge is 0.255 e. The summed E-state index contributed by atoms with van der Waals surface area (Å²) < 4.78 is 0. The summed E-state index contributed by atoms with van der Waals surface area (Å²) in [6.45, 7) is 9.16. The van der Waals surface area contributed by atoms with Gasteiger partial charge in [0.15, 0.2) is 0 Å². The first kappa shape index (κ1) is 20.5. The molecule has 0 aliphatic heterocycles. The van der Waals surface area contributed by atoms with E-state index in [1.807, 2.05) is 12.1 Å². The summed E-state index contributed by atoms with van der Waals surface area (Å²) >= 11 is 0. The number of benzene rings is 1. The lowest BCUT2D eigenvalue weighted by molar-refractivity contribution is 0.102. The predicted octanol–water partition coefficient (Wildman–Crippen LogP) is 5.59. The number of carbonyl (C=O) groups is 1. The highest BCUT2D eigenvalue weighted by Gasteiger charge is 2.17. The molecule has 0 aliphatic carbocycles. The van der Waals surface area contributed by atoms with E-state index in [0.29, 0.717) is 29.8 Å². The Balaban J connectivity index is 1.80. The molecule has 29 heavy (non-hydrogen) atoms. The molecule has 0 unspecified atom stereocenters. The summed E-state index contributed by atoms with van der Waals surface area (Å²) in [6, 6.07) is 13.6. The van der Waals surface area contributed by atoms with Gasteiger partial charge in [-0.2, -0.15) is 0 Å². The van der Waals surface area contributed by atoms with Gasteiger partial charge in [-0.1, -0.05) is 52.0 Å². The molecule has 2 N–H and O–H groups in total. The van der Waals surface area contributed by atoms with Crippen LogP contribution in [0.1, 0.15) is 66.6 Å². The van der Waals surface area contributed by atoms with Crippen molar-refractivity contribution in [2.75, 3.05) is 10.6 Å². The first-order chi connectivity index (χ1) is 14.0. The number of para-hydroxylation sites is 1. The van der Waals surface area contributed by atoms with Crippen LogP contribution in [0, 0.1) is 0 Å². The van der Waals surface area contributed by atoms with Gasteiger partial charge in [-0.3, -0.25) is 9.78 Å². The summed E-state index contributed by atoms with van der Waals surface area (Å²) in [5.74, 6) is 1.16. The topological polar surface area (TPSA) is 66.9 Å². The standard InChI is InChI=1S/C24H28N4O/c1-16(2)20-8-5-9-21(17(3)4)23(20)28-24(29)19-10-12-26-22(13-19)27-15-18-7-6-11-25-14-18/h5-14,16-17H,15H2,1-4H3,(H,26,27)(H,28,29). The maximum atomic E-state index is 13.0. The zero-order valence-electron chi connectivity index (χ0n) is 17.4. The minimum Gasteiger partial charge on any atom is -0.366 e. The molecule has 3 aromatic rings. The Morgan fingerprint density at radius 1 is 0.966 bits per heavy atom. The average molecular weight is 389 g/mol. The second-order valence-electron chi connectivity index (χ2n) is 7.72. The molecule has 5 nitrogen and oxygen atoms in total. The largest absolute Gasteiger partial charge is 0.366 e. The van der Waals surface area contributed by atoms with Gasteiger partial charge in [-0.25, -0.2) is 4.98 Å². The van der Waals surface area contributed by atoms with Gasteiger partial charge >= 0.3 is 0 Å². The number of nitrogens with zero attached hydrogens (tertiary/aromatic N) is 2. The van der Waals surface area contributed by atoms with E-state index in [4.69, 9.17) is 0 Å². The molecule has 0 spiro atoms. The van der Waals surface area contributed by atoms with Crippen molar-refractivity contribution in [1.29, 1.82) is 0 Å². The number of anilines is 2. The first-order valence-corrected chi connectivity index (χ1v) is 9.98. The number of rotatable bonds is 7. The van der Waals surface area contributed by atoms with Crippen LogP contribution >= 0.6 is 0 Å². The summed E-state index contributed by atoms with van der Waals surface area (Å²) in [6.07, 6.45) is 5.20. The van der Waals surface area contributed by atoms with Crippen molar-refractivity contribution in [3.05, 3.63) is 83.3 Å². The minimum absolute atomic E-state index is 0.133. The van der Waals surface area contributed by atoms with Gasteiger partial charge in [0, 0.05) is 36.4 Å². The Morgan fingerprint density at radius 3 is 2.31 bits per heavy atom. The van der Waals surface area contributed by atoms with E-state index in [1.54, 1.807) is 30.7 Å². The van der Waals surface area contributed by atoms with Gasteiger partial charge in [0.25, 0.3) is 5.91 Å². The molecule has 3 rings (SSSR count). The number of carbonyl (C=O) groups excluding carboxylic acids is 1. The molecular formula is C24H28N4O. The molecule has 0 bridgehead atoms. The molecular weight excluding hydrogens is 360 g/mol. The highest BCUT2D eigenvalue weighted by molar-refractivity contribution is 6.05. The molecule has 0 atom stereocenters. The van der Waals surface area contributed by atoms with Crippen LogP contribution in [0.15, 0.2) is 61.1 Å². The zero-order chi connectivity index (χ0) is 20.8. The van der Waals surface area contributed by atoms with Gasteiger partial charge < -0.3 is 10.6 Å². The van der Waals surface area contributed by atoms with Crippen LogP contribution in [0.25, 0.3) is 0 Å². The third-order valence-corrected chi connectivity index (χ3v) is 4.83. The lowest BCUT2D eigenvalue weighted by Gasteiger charge is -2.20. The van der Waals surface area contributed by atoms with Crippen LogP contribution in [0.5, 0.6) is 0 Å². The van der Waals surface area contributed by atoms with Crippen LogP contribution < -0.4 is 10.6 Å². The fraction of sp³-hybridized carbons (Fsp3) is 0.292. The van der Waals surface area contributed by atoms with Crippen LogP contribution in [0.3, 0.4) is 0 Å². The fourth-order valence-electron chi connectivity index (χ4n) is 3.24. The Hall–Kier alpha value is -3.21. The molecule has 1 amide bonds. The Labute approximate surface area is 172 Å². The molecule has 5 heteroatoms. The van der Waals surface area contributed by atoms with Gasteiger partial charge in [0.05, 0.1) is 0 Å². The Bertz CT molecular complexity index is 941. The monoisotopic (exact) mass is 388 g/mol. The lowest BCUT2D eigenvalue weighted by atomic mass is 9.92. The minimum atomic E-state index is -0.133. The van der Waals surface area contributed by atoms with E-state index < -0.39 is 0 Å². The van der Waals surface area contributed by atoms with E-state index in [0.717, 1.165) is 22.4 Å². The van der Waals surface area contributed by atoms with Crippen molar-refractivity contribution < 1.29 is 4.79 Å². The molecule has 0 fully saturated rings. The van der Waals surface area contributed by atoms with E-state index in [-0.39, 0.29) is 5.91 Å². The summed E-state index contributed by atoms with van der Waals surface area (Å²) in [7, 11) is 0. The number of nitrogens with one attached hydrogen (secondary N) is 2. The molecule has 2 heterocycles. The molecule has 0 saturated heterocycles. The third-order valence-electron chi connectivity index (χ3n) is 4.83. The number of aromatic nitrogens is 2. The fourth-order valence-corrected chi connectivity index (χ4v) is 3.24. The average Bonchev–Trinajstić information content (AvgIpc) is 2.73. The van der Waals surface area contributed by atoms with E-state index in [2.05, 4.69) is 66.5 Å². The van der Waals surface area contributed by atoms with Crippen LogP contribution in [-0.4, -0.2) is 15.9 Å². The molecule has 0 radical (unpaired) electrons. The second kappa shape index (κ2) is 9.32. The lowest BCUT2D eigenvalue weighted by Crippen LogP contribution is -2.16. The first-order valence-electron chi connectivity index (χ1n) is 9.98. The number of amides is 1. The van der Waals surface area contributed by atoms with Crippen molar-refractivity contribution in [2.45, 2.75) is 46.1 Å². The normalized spacial score (nSPS) is 11.0. The van der Waals surface area contributed by atoms with E-state index in [9.17, 15) is 4.79 Å². The van der Waals surface area contributed by atoms with Gasteiger partial charge in [0.2, 0.25) is 0 Å². The molecule has 150 valence electrons. The number of hydrogen-bond acceptors (Lipinski definition) is 4. The highest BCUT2D eigenvalue weighted by atomic mass is 16.1. The zero-order valence-corrected chi connectivity index (χ0v) is 17.4. The van der Waals surface area contributed by atoms with Gasteiger partial charge in [-0.15, -0.1) is 0 Å². The number of hydrogen-bond donors (Lipinski definition) is 2. The van der Waals surface area contributed by atoms with Gasteiger partial charge in [0.1, 0.15) is 5.82 Å². The molecule has 2 aromatic heterocycles. The summed E-state index contributed by atoms with van der Waals surface area (Å²) in [4.78, 5) is 21.4. The molecule has 1 aromatic carbocycles. The van der Waals surface area contributed by atoms with Crippen molar-refractivity contribution in [2.24, 2.45) is 0 Å². The Kier molecular flexibility index (Phi) is 6.60. The highest BCUT2D eigenvalue weighted by Crippen LogP contribution is 2.32. The van der Waals surface area contributed by atoms with Crippen LogP contribution in [0.2, 0.25) is 0 Å². The van der Waals surface area contributed by atoms with Crippen molar-refractivity contribution >= 4 is 17.4 Å². The quantitative estimate of drug-likeness (QED) is 0.554. The third kappa shape index (κ3) is 5.19. The van der Waals surface area contributed by atoms with E-state index in [1.165, 1.54) is 0 Å². The summed E-state index contributed by atoms with van der Waals surface area (Å²) in [5, 5.41) is 6.40. The summed E-state index contributed by atoms with van der Waals surface area (Å²) in [5.41, 5.74) is 4.84. The van der Waals surface area contributed by atoms with Gasteiger partial charge in [-0.05, 0) is 46.7 Å². The van der Waals surface area contributed by atoms with E-state index >= 15 is 0 Å². The molecule has 0 saturated carbocycles. The maximum Gasteiger partial charge on any atom is 0.255 e. The van der Waals surface area contributed by atoms with Crippen molar-refractivity contribution in [3.63, 3.8) is 0 Å². The van der Waals surface area contributed by atoms with Crippen molar-refractivity contribution in [3.8, 4) is 0 Å². The predicted molar refractivity (Wildman–Crippen MR) is 118 cm³/mol. The molecule has 0 aliphatic rings. The van der Waals surface area contributed by atoms with Crippen LogP contribution in [-0.2, 0) is 6.54 Å². The van der Waals surface area contributed by atoms with Crippen LogP contribution in [0.4, 0.5) is 11.5 Å². The number of pyridine rings is 2. The SMILES string of the molecule is CC(C)c1cccc(C(C)C)c1NC(=O)c1ccnc(NCc2cccnc2)c1. The second-order valence-corrected chi connectivity index (χ2v) is 7.72. The Morgan fingerprint density at radius 2 is 1.69 bits per heavy atom. The van der Waals surface area contributed by atoms with Crippen molar-refractivity contribution in [1.82, 2.24) is 9.97 Å². The maximum absolute atomic E-state index is 13.0.